The Labute approximate surface area is 87.1 Å². The van der Waals surface area contributed by atoms with Crippen LogP contribution >= 0.6 is 11.6 Å². The molecule has 1 aromatic rings. The molecule has 0 spiro atoms. The summed E-state index contributed by atoms with van der Waals surface area (Å²) in [6, 6.07) is 7.63. The molecule has 0 aliphatic heterocycles. The number of nitriles is 1. The molecule has 0 N–H and O–H groups in total. The van der Waals surface area contributed by atoms with Crippen LogP contribution in [0.2, 0.25) is 0 Å². The topological polar surface area (TPSA) is 40.9 Å². The summed E-state index contributed by atoms with van der Waals surface area (Å²) in [5.41, 5.74) is 2.49. The highest BCUT2D eigenvalue weighted by atomic mass is 35.5. The van der Waals surface area contributed by atoms with Crippen molar-refractivity contribution in [2.24, 2.45) is 0 Å². The Hall–Kier alpha value is -1.33. The summed E-state index contributed by atoms with van der Waals surface area (Å²) in [5.74, 6) is -0.0685. The van der Waals surface area contributed by atoms with Gasteiger partial charge in [-0.05, 0) is 41.6 Å². The SMILES string of the molecule is N#CC1CCc2c(C(=O)Cl)cccc21. The molecule has 14 heavy (non-hydrogen) atoms. The Kier molecular flexibility index (Phi) is 2.26. The number of hydrogen-bond acceptors (Lipinski definition) is 2. The molecule has 3 heteroatoms. The van der Waals surface area contributed by atoms with E-state index in [2.05, 4.69) is 6.07 Å². The number of fused-ring (bicyclic) bond motifs is 1. The van der Waals surface area contributed by atoms with E-state index in [-0.39, 0.29) is 5.92 Å². The van der Waals surface area contributed by atoms with Crippen LogP contribution in [0.3, 0.4) is 0 Å². The lowest BCUT2D eigenvalue weighted by Crippen LogP contribution is -1.97. The van der Waals surface area contributed by atoms with Gasteiger partial charge in [-0.2, -0.15) is 5.26 Å². The van der Waals surface area contributed by atoms with E-state index in [0.717, 1.165) is 24.0 Å². The number of carbonyl (C=O) groups excluding carboxylic acids is 1. The van der Waals surface area contributed by atoms with Crippen LogP contribution < -0.4 is 0 Å². The van der Waals surface area contributed by atoms with Gasteiger partial charge >= 0.3 is 0 Å². The maximum absolute atomic E-state index is 11.1. The minimum atomic E-state index is -0.430. The van der Waals surface area contributed by atoms with Crippen LogP contribution in [-0.2, 0) is 6.42 Å². The van der Waals surface area contributed by atoms with E-state index in [1.165, 1.54) is 0 Å². The van der Waals surface area contributed by atoms with Gasteiger partial charge in [-0.15, -0.1) is 0 Å². The van der Waals surface area contributed by atoms with Crippen molar-refractivity contribution in [3.8, 4) is 6.07 Å². The fraction of sp³-hybridized carbons (Fsp3) is 0.273. The molecule has 1 aliphatic carbocycles. The Morgan fingerprint density at radius 3 is 3.00 bits per heavy atom. The van der Waals surface area contributed by atoms with Gasteiger partial charge in [-0.25, -0.2) is 0 Å². The van der Waals surface area contributed by atoms with Crippen LogP contribution in [0.25, 0.3) is 0 Å². The molecule has 1 atom stereocenters. The quantitative estimate of drug-likeness (QED) is 0.662. The molecule has 0 saturated heterocycles. The molecule has 1 aliphatic rings. The highest BCUT2D eigenvalue weighted by Gasteiger charge is 2.25. The van der Waals surface area contributed by atoms with Gasteiger partial charge in [0.2, 0.25) is 0 Å². The fourth-order valence-electron chi connectivity index (χ4n) is 1.97. The summed E-state index contributed by atoms with van der Waals surface area (Å²) in [7, 11) is 0. The fourth-order valence-corrected chi connectivity index (χ4v) is 2.15. The van der Waals surface area contributed by atoms with Crippen molar-refractivity contribution in [2.45, 2.75) is 18.8 Å². The summed E-state index contributed by atoms with van der Waals surface area (Å²) >= 11 is 5.46. The number of rotatable bonds is 1. The third-order valence-corrected chi connectivity index (χ3v) is 2.84. The van der Waals surface area contributed by atoms with E-state index in [1.54, 1.807) is 12.1 Å². The Morgan fingerprint density at radius 2 is 2.36 bits per heavy atom. The molecule has 0 amide bonds. The Morgan fingerprint density at radius 1 is 1.57 bits per heavy atom. The zero-order valence-corrected chi connectivity index (χ0v) is 8.21. The van der Waals surface area contributed by atoms with Crippen LogP contribution in [0, 0.1) is 11.3 Å². The van der Waals surface area contributed by atoms with Gasteiger partial charge in [0.05, 0.1) is 12.0 Å². The second-order valence-electron chi connectivity index (χ2n) is 3.37. The third kappa shape index (κ3) is 1.30. The van der Waals surface area contributed by atoms with Gasteiger partial charge in [0, 0.05) is 5.56 Å². The van der Waals surface area contributed by atoms with Crippen molar-refractivity contribution >= 4 is 16.8 Å². The molecule has 2 rings (SSSR count). The second kappa shape index (κ2) is 3.43. The number of benzene rings is 1. The van der Waals surface area contributed by atoms with Gasteiger partial charge in [-0.1, -0.05) is 12.1 Å². The summed E-state index contributed by atoms with van der Waals surface area (Å²) in [4.78, 5) is 11.1. The first kappa shape index (κ1) is 9.23. The average molecular weight is 206 g/mol. The Balaban J connectivity index is 2.56. The molecule has 0 fully saturated rings. The standard InChI is InChI=1S/C11H8ClNO/c12-11(14)10-3-1-2-8-7(6-13)4-5-9(8)10/h1-3,7H,4-5H2. The van der Waals surface area contributed by atoms with Crippen molar-refractivity contribution in [3.05, 3.63) is 34.9 Å². The highest BCUT2D eigenvalue weighted by Crippen LogP contribution is 2.34. The summed E-state index contributed by atoms with van der Waals surface area (Å²) in [6.07, 6.45) is 1.58. The lowest BCUT2D eigenvalue weighted by molar-refractivity contribution is 0.108. The predicted octanol–water partition coefficient (Wildman–Crippen LogP) is 2.62. The summed E-state index contributed by atoms with van der Waals surface area (Å²) in [5, 5.41) is 8.44. The predicted molar refractivity (Wildman–Crippen MR) is 53.3 cm³/mol. The highest BCUT2D eigenvalue weighted by molar-refractivity contribution is 6.67. The third-order valence-electron chi connectivity index (χ3n) is 2.64. The van der Waals surface area contributed by atoms with Crippen molar-refractivity contribution in [1.82, 2.24) is 0 Å². The maximum Gasteiger partial charge on any atom is 0.252 e. The van der Waals surface area contributed by atoms with E-state index in [9.17, 15) is 4.79 Å². The number of nitrogens with zero attached hydrogens (tertiary/aromatic N) is 1. The molecule has 2 nitrogen and oxygen atoms in total. The zero-order chi connectivity index (χ0) is 10.1. The summed E-state index contributed by atoms with van der Waals surface area (Å²) < 4.78 is 0. The first-order chi connectivity index (χ1) is 6.74. The monoisotopic (exact) mass is 205 g/mol. The van der Waals surface area contributed by atoms with Crippen molar-refractivity contribution in [1.29, 1.82) is 5.26 Å². The van der Waals surface area contributed by atoms with E-state index in [1.807, 2.05) is 6.07 Å². The van der Waals surface area contributed by atoms with Crippen LogP contribution in [-0.4, -0.2) is 5.24 Å². The molecule has 0 saturated carbocycles. The molecule has 0 radical (unpaired) electrons. The van der Waals surface area contributed by atoms with Crippen molar-refractivity contribution in [3.63, 3.8) is 0 Å². The molecule has 0 heterocycles. The van der Waals surface area contributed by atoms with E-state index in [4.69, 9.17) is 16.9 Å². The normalized spacial score (nSPS) is 18.7. The molecule has 70 valence electrons. The van der Waals surface area contributed by atoms with Gasteiger partial charge in [-0.3, -0.25) is 4.79 Å². The molecular weight excluding hydrogens is 198 g/mol. The van der Waals surface area contributed by atoms with Gasteiger partial charge < -0.3 is 0 Å². The lowest BCUT2D eigenvalue weighted by atomic mass is 10.0. The van der Waals surface area contributed by atoms with Gasteiger partial charge in [0.25, 0.3) is 5.24 Å². The minimum absolute atomic E-state index is 0.0685. The molecule has 1 unspecified atom stereocenters. The van der Waals surface area contributed by atoms with Crippen LogP contribution in [0.5, 0.6) is 0 Å². The summed E-state index contributed by atoms with van der Waals surface area (Å²) in [6.45, 7) is 0. The number of carbonyl (C=O) groups is 1. The minimum Gasteiger partial charge on any atom is -0.276 e. The smallest absolute Gasteiger partial charge is 0.252 e. The largest absolute Gasteiger partial charge is 0.276 e. The molecule has 1 aromatic carbocycles. The lowest BCUT2D eigenvalue weighted by Gasteiger charge is -2.04. The first-order valence-corrected chi connectivity index (χ1v) is 4.83. The molecule has 0 bridgehead atoms. The second-order valence-corrected chi connectivity index (χ2v) is 3.71. The van der Waals surface area contributed by atoms with Gasteiger partial charge in [0.15, 0.2) is 0 Å². The van der Waals surface area contributed by atoms with E-state index in [0.29, 0.717) is 5.56 Å². The first-order valence-electron chi connectivity index (χ1n) is 4.45. The average Bonchev–Trinajstić information content (AvgIpc) is 2.59. The maximum atomic E-state index is 11.1. The van der Waals surface area contributed by atoms with Crippen LogP contribution in [0.15, 0.2) is 18.2 Å². The zero-order valence-electron chi connectivity index (χ0n) is 7.46. The van der Waals surface area contributed by atoms with Gasteiger partial charge in [0.1, 0.15) is 0 Å². The molecule has 0 aromatic heterocycles. The number of halogens is 1. The van der Waals surface area contributed by atoms with Crippen LogP contribution in [0.1, 0.15) is 33.8 Å². The molecular formula is C11H8ClNO. The van der Waals surface area contributed by atoms with Crippen LogP contribution in [0.4, 0.5) is 0 Å². The van der Waals surface area contributed by atoms with Crippen molar-refractivity contribution in [2.75, 3.05) is 0 Å². The Bertz CT molecular complexity index is 433. The van der Waals surface area contributed by atoms with E-state index >= 15 is 0 Å². The van der Waals surface area contributed by atoms with E-state index < -0.39 is 5.24 Å². The van der Waals surface area contributed by atoms with Crippen molar-refractivity contribution < 1.29 is 4.79 Å². The number of hydrogen-bond donors (Lipinski definition) is 0.